The number of amides is 1. The predicted octanol–water partition coefficient (Wildman–Crippen LogP) is 2.84. The van der Waals surface area contributed by atoms with Crippen LogP contribution in [0.1, 0.15) is 27.4 Å². The van der Waals surface area contributed by atoms with Gasteiger partial charge < -0.3 is 14.7 Å². The molecule has 126 valence electrons. The number of aryl methyl sites for hydroxylation is 1. The fraction of sp³-hybridized carbons (Fsp3) is 0.600. The molecule has 0 aromatic carbocycles. The normalized spacial score (nSPS) is 24.3. The van der Waals surface area contributed by atoms with Gasteiger partial charge in [0.15, 0.2) is 0 Å². The molecule has 1 aromatic rings. The summed E-state index contributed by atoms with van der Waals surface area (Å²) >= 11 is 1.09. The number of nitrogens with zero attached hydrogens (tertiary/aromatic N) is 1. The lowest BCUT2D eigenvalue weighted by molar-refractivity contribution is -0.142. The number of ether oxygens (including phenoxy) is 1. The van der Waals surface area contributed by atoms with E-state index >= 15 is 0 Å². The Hall–Kier alpha value is -1.70. The van der Waals surface area contributed by atoms with Crippen LogP contribution in [0, 0.1) is 24.7 Å². The molecule has 1 amide bonds. The van der Waals surface area contributed by atoms with Crippen LogP contribution in [0.4, 0.5) is 8.78 Å². The van der Waals surface area contributed by atoms with E-state index in [9.17, 15) is 23.5 Å². The van der Waals surface area contributed by atoms with Crippen LogP contribution in [-0.4, -0.2) is 41.6 Å². The molecule has 2 aliphatic rings. The number of rotatable bonds is 5. The standard InChI is InChI=1S/C15H17F2NO4S/c1-7-4-11(22-15(16)17)12(23-7)13(19)18-5-9(8-2-3-8)10(6-18)14(20)21/h4,8-10,15H,2-3,5-6H2,1H3,(H,20,21)/t9-,10+/m1/s1. The van der Waals surface area contributed by atoms with Gasteiger partial charge in [0.25, 0.3) is 5.91 Å². The van der Waals surface area contributed by atoms with Crippen molar-refractivity contribution in [1.82, 2.24) is 4.90 Å². The number of thiophene rings is 1. The summed E-state index contributed by atoms with van der Waals surface area (Å²) in [7, 11) is 0. The summed E-state index contributed by atoms with van der Waals surface area (Å²) in [5, 5.41) is 9.35. The van der Waals surface area contributed by atoms with E-state index in [4.69, 9.17) is 0 Å². The Kier molecular flexibility index (Phi) is 4.27. The van der Waals surface area contributed by atoms with E-state index in [0.29, 0.717) is 17.3 Å². The highest BCUT2D eigenvalue weighted by atomic mass is 32.1. The number of hydrogen-bond acceptors (Lipinski definition) is 4. The molecule has 0 bridgehead atoms. The third kappa shape index (κ3) is 3.31. The molecular weight excluding hydrogens is 328 g/mol. The summed E-state index contributed by atoms with van der Waals surface area (Å²) < 4.78 is 29.4. The summed E-state index contributed by atoms with van der Waals surface area (Å²) in [5.41, 5.74) is 0. The van der Waals surface area contributed by atoms with E-state index in [2.05, 4.69) is 4.74 Å². The molecule has 1 aliphatic heterocycles. The number of carboxylic acids is 1. The number of aliphatic carboxylic acids is 1. The van der Waals surface area contributed by atoms with Crippen molar-refractivity contribution in [2.24, 2.45) is 17.8 Å². The van der Waals surface area contributed by atoms with Gasteiger partial charge in [-0.25, -0.2) is 0 Å². The Balaban J connectivity index is 1.79. The summed E-state index contributed by atoms with van der Waals surface area (Å²) in [6.07, 6.45) is 1.99. The second-order valence-electron chi connectivity index (χ2n) is 6.09. The Labute approximate surface area is 135 Å². The second kappa shape index (κ2) is 6.07. The lowest BCUT2D eigenvalue weighted by Crippen LogP contribution is -2.29. The molecule has 2 heterocycles. The fourth-order valence-electron chi connectivity index (χ4n) is 3.23. The zero-order chi connectivity index (χ0) is 16.7. The van der Waals surface area contributed by atoms with Crippen molar-refractivity contribution in [1.29, 1.82) is 0 Å². The van der Waals surface area contributed by atoms with E-state index < -0.39 is 24.4 Å². The minimum Gasteiger partial charge on any atom is -0.481 e. The van der Waals surface area contributed by atoms with Gasteiger partial charge in [0.1, 0.15) is 10.6 Å². The molecule has 1 aliphatic carbocycles. The van der Waals surface area contributed by atoms with Gasteiger partial charge in [-0.15, -0.1) is 11.3 Å². The highest BCUT2D eigenvalue weighted by Crippen LogP contribution is 2.45. The number of halogens is 2. The minimum atomic E-state index is -3.00. The van der Waals surface area contributed by atoms with Crippen LogP contribution in [0.25, 0.3) is 0 Å². The third-order valence-electron chi connectivity index (χ3n) is 4.43. The summed E-state index contributed by atoms with van der Waals surface area (Å²) in [4.78, 5) is 26.3. The van der Waals surface area contributed by atoms with E-state index in [0.717, 1.165) is 24.2 Å². The van der Waals surface area contributed by atoms with Crippen molar-refractivity contribution in [3.05, 3.63) is 15.8 Å². The van der Waals surface area contributed by atoms with Crippen molar-refractivity contribution >= 4 is 23.2 Å². The highest BCUT2D eigenvalue weighted by molar-refractivity contribution is 7.14. The van der Waals surface area contributed by atoms with Crippen molar-refractivity contribution in [2.45, 2.75) is 26.4 Å². The maximum atomic E-state index is 12.6. The number of carbonyl (C=O) groups excluding carboxylic acids is 1. The Bertz CT molecular complexity index is 629. The van der Waals surface area contributed by atoms with Crippen molar-refractivity contribution in [3.8, 4) is 5.75 Å². The maximum Gasteiger partial charge on any atom is 0.387 e. The molecule has 0 unspecified atom stereocenters. The molecular formula is C15H17F2NO4S. The van der Waals surface area contributed by atoms with Crippen LogP contribution in [0.2, 0.25) is 0 Å². The largest absolute Gasteiger partial charge is 0.481 e. The molecule has 1 saturated carbocycles. The zero-order valence-corrected chi connectivity index (χ0v) is 13.3. The molecule has 3 rings (SSSR count). The molecule has 1 aromatic heterocycles. The molecule has 2 atom stereocenters. The van der Waals surface area contributed by atoms with E-state index in [1.165, 1.54) is 11.0 Å². The molecule has 1 saturated heterocycles. The summed E-state index contributed by atoms with van der Waals surface area (Å²) in [6.45, 7) is -0.803. The first kappa shape index (κ1) is 16.2. The first-order valence-corrected chi connectivity index (χ1v) is 8.25. The summed E-state index contributed by atoms with van der Waals surface area (Å²) in [5.74, 6) is -1.72. The Morgan fingerprint density at radius 3 is 2.65 bits per heavy atom. The maximum absolute atomic E-state index is 12.6. The van der Waals surface area contributed by atoms with Gasteiger partial charge in [0, 0.05) is 18.0 Å². The second-order valence-corrected chi connectivity index (χ2v) is 7.34. The lowest BCUT2D eigenvalue weighted by atomic mass is 9.92. The number of carboxylic acid groups (broad SMARTS) is 1. The molecule has 23 heavy (non-hydrogen) atoms. The SMILES string of the molecule is Cc1cc(OC(F)F)c(C(=O)N2C[C@H](C(=O)O)[C@@H](C3CC3)C2)s1. The van der Waals surface area contributed by atoms with E-state index in [1.54, 1.807) is 6.92 Å². The molecule has 8 heteroatoms. The molecule has 1 N–H and O–H groups in total. The predicted molar refractivity (Wildman–Crippen MR) is 78.9 cm³/mol. The van der Waals surface area contributed by atoms with E-state index in [1.807, 2.05) is 0 Å². The molecule has 5 nitrogen and oxygen atoms in total. The van der Waals surface area contributed by atoms with Gasteiger partial charge >= 0.3 is 12.6 Å². The number of hydrogen-bond donors (Lipinski definition) is 1. The van der Waals surface area contributed by atoms with Gasteiger partial charge in [-0.3, -0.25) is 9.59 Å². The zero-order valence-electron chi connectivity index (χ0n) is 12.5. The average Bonchev–Trinajstić information content (AvgIpc) is 3.10. The van der Waals surface area contributed by atoms with Crippen LogP contribution in [0.5, 0.6) is 5.75 Å². The van der Waals surface area contributed by atoms with Gasteiger partial charge in [0.2, 0.25) is 0 Å². The quantitative estimate of drug-likeness (QED) is 0.891. The topological polar surface area (TPSA) is 66.8 Å². The molecule has 0 radical (unpaired) electrons. The van der Waals surface area contributed by atoms with Crippen molar-refractivity contribution in [3.63, 3.8) is 0 Å². The molecule has 2 fully saturated rings. The van der Waals surface area contributed by atoms with Crippen LogP contribution in [-0.2, 0) is 4.79 Å². The van der Waals surface area contributed by atoms with Crippen molar-refractivity contribution < 1.29 is 28.2 Å². The number of alkyl halides is 2. The smallest absolute Gasteiger partial charge is 0.387 e. The van der Waals surface area contributed by atoms with Gasteiger partial charge in [-0.2, -0.15) is 8.78 Å². The first-order chi connectivity index (χ1) is 10.9. The lowest BCUT2D eigenvalue weighted by Gasteiger charge is -2.16. The van der Waals surface area contributed by atoms with Crippen LogP contribution < -0.4 is 4.74 Å². The van der Waals surface area contributed by atoms with Crippen LogP contribution >= 0.6 is 11.3 Å². The Morgan fingerprint density at radius 1 is 1.39 bits per heavy atom. The minimum absolute atomic E-state index is 0.0445. The Morgan fingerprint density at radius 2 is 2.09 bits per heavy atom. The monoisotopic (exact) mass is 345 g/mol. The van der Waals surface area contributed by atoms with Crippen molar-refractivity contribution in [2.75, 3.05) is 13.1 Å². The van der Waals surface area contributed by atoms with Crippen LogP contribution in [0.15, 0.2) is 6.07 Å². The number of likely N-dealkylation sites (tertiary alicyclic amines) is 1. The third-order valence-corrected chi connectivity index (χ3v) is 5.45. The van der Waals surface area contributed by atoms with Gasteiger partial charge in [0.05, 0.1) is 5.92 Å². The summed E-state index contributed by atoms with van der Waals surface area (Å²) in [6, 6.07) is 1.41. The highest BCUT2D eigenvalue weighted by Gasteiger charge is 2.47. The average molecular weight is 345 g/mol. The van der Waals surface area contributed by atoms with E-state index in [-0.39, 0.29) is 23.1 Å². The molecule has 0 spiro atoms. The van der Waals surface area contributed by atoms with Gasteiger partial charge in [-0.05, 0) is 37.7 Å². The number of carbonyl (C=O) groups is 2. The van der Waals surface area contributed by atoms with Gasteiger partial charge in [-0.1, -0.05) is 0 Å². The first-order valence-electron chi connectivity index (χ1n) is 7.44. The van der Waals surface area contributed by atoms with Crippen LogP contribution in [0.3, 0.4) is 0 Å². The fourth-order valence-corrected chi connectivity index (χ4v) is 4.14.